The van der Waals surface area contributed by atoms with Gasteiger partial charge in [-0.3, -0.25) is 0 Å². The highest BCUT2D eigenvalue weighted by molar-refractivity contribution is 9.10. The molecule has 1 heterocycles. The van der Waals surface area contributed by atoms with Gasteiger partial charge < -0.3 is 9.84 Å². The molecule has 0 saturated heterocycles. The highest BCUT2D eigenvalue weighted by Gasteiger charge is 2.18. The van der Waals surface area contributed by atoms with Crippen molar-refractivity contribution >= 4 is 21.9 Å². The maximum Gasteiger partial charge on any atom is 0.336 e. The normalized spacial score (nSPS) is 10.5. The average Bonchev–Trinajstić information content (AvgIpc) is 2.63. The van der Waals surface area contributed by atoms with Crippen LogP contribution >= 0.6 is 15.9 Å². The molecule has 0 amide bonds. The zero-order valence-corrected chi connectivity index (χ0v) is 11.7. The lowest BCUT2D eigenvalue weighted by molar-refractivity contribution is 0.0695. The predicted molar refractivity (Wildman–Crippen MR) is 69.1 cm³/mol. The number of halogens is 2. The topological polar surface area (TPSA) is 64.3 Å². The van der Waals surface area contributed by atoms with Crippen molar-refractivity contribution in [3.8, 4) is 11.6 Å². The molecule has 5 nitrogen and oxygen atoms in total. The van der Waals surface area contributed by atoms with Gasteiger partial charge in [0, 0.05) is 13.1 Å². The fourth-order valence-corrected chi connectivity index (χ4v) is 2.07. The summed E-state index contributed by atoms with van der Waals surface area (Å²) in [7, 11) is 1.67. The molecular weight excluding hydrogens is 319 g/mol. The lowest BCUT2D eigenvalue weighted by Crippen LogP contribution is -2.02. The number of aryl methyl sites for hydroxylation is 2. The summed E-state index contributed by atoms with van der Waals surface area (Å²) < 4.78 is 20.7. The Hall–Kier alpha value is -1.89. The van der Waals surface area contributed by atoms with Gasteiger partial charge in [0.1, 0.15) is 0 Å². The van der Waals surface area contributed by atoms with E-state index in [1.165, 1.54) is 16.8 Å². The average molecular weight is 329 g/mol. The third-order valence-corrected chi connectivity index (χ3v) is 3.23. The van der Waals surface area contributed by atoms with Crippen LogP contribution < -0.4 is 4.74 Å². The van der Waals surface area contributed by atoms with Gasteiger partial charge in [-0.25, -0.2) is 13.9 Å². The van der Waals surface area contributed by atoms with Gasteiger partial charge >= 0.3 is 5.97 Å². The zero-order valence-electron chi connectivity index (χ0n) is 10.1. The van der Waals surface area contributed by atoms with E-state index in [2.05, 4.69) is 21.0 Å². The van der Waals surface area contributed by atoms with Crippen LogP contribution in [0.1, 0.15) is 16.1 Å². The standard InChI is InChI=1S/C12H10BrFN2O3/c1-6-5-9(16(2)15-6)19-8-4-3-7(12(17)18)10(13)11(8)14/h3-5H,1-2H3,(H,17,18). The second kappa shape index (κ2) is 5.00. The molecule has 7 heteroatoms. The molecule has 2 aromatic rings. The van der Waals surface area contributed by atoms with E-state index in [4.69, 9.17) is 9.84 Å². The van der Waals surface area contributed by atoms with Crippen LogP contribution in [0.2, 0.25) is 0 Å². The SMILES string of the molecule is Cc1cc(Oc2ccc(C(=O)O)c(Br)c2F)n(C)n1. The van der Waals surface area contributed by atoms with Crippen LogP contribution in [-0.4, -0.2) is 20.9 Å². The monoisotopic (exact) mass is 328 g/mol. The van der Waals surface area contributed by atoms with Crippen LogP contribution in [0.5, 0.6) is 11.6 Å². The number of hydrogen-bond acceptors (Lipinski definition) is 3. The van der Waals surface area contributed by atoms with E-state index in [-0.39, 0.29) is 15.8 Å². The Labute approximate surface area is 116 Å². The maximum absolute atomic E-state index is 14.0. The lowest BCUT2D eigenvalue weighted by atomic mass is 10.2. The van der Waals surface area contributed by atoms with Crippen LogP contribution in [-0.2, 0) is 7.05 Å². The molecule has 2 rings (SSSR count). The Morgan fingerprint density at radius 2 is 2.21 bits per heavy atom. The van der Waals surface area contributed by atoms with Gasteiger partial charge in [-0.05, 0) is 35.0 Å². The molecule has 1 aromatic carbocycles. The third kappa shape index (κ3) is 2.60. The van der Waals surface area contributed by atoms with Crippen molar-refractivity contribution < 1.29 is 19.0 Å². The molecule has 1 N–H and O–H groups in total. The summed E-state index contributed by atoms with van der Waals surface area (Å²) in [6, 6.07) is 4.19. The molecule has 0 aliphatic heterocycles. The molecule has 0 unspecified atom stereocenters. The Bertz CT molecular complexity index is 655. The molecule has 0 radical (unpaired) electrons. The number of carbonyl (C=O) groups is 1. The molecule has 0 atom stereocenters. The predicted octanol–water partition coefficient (Wildman–Crippen LogP) is 3.12. The first-order valence-corrected chi connectivity index (χ1v) is 6.09. The van der Waals surface area contributed by atoms with E-state index in [1.54, 1.807) is 20.0 Å². The number of rotatable bonds is 3. The summed E-state index contributed by atoms with van der Waals surface area (Å²) in [6.45, 7) is 1.78. The second-order valence-corrected chi connectivity index (χ2v) is 4.69. The summed E-state index contributed by atoms with van der Waals surface area (Å²) >= 11 is 2.91. The number of hydrogen-bond donors (Lipinski definition) is 1. The zero-order chi connectivity index (χ0) is 14.2. The van der Waals surface area contributed by atoms with Crippen LogP contribution in [0.4, 0.5) is 4.39 Å². The summed E-state index contributed by atoms with van der Waals surface area (Å²) in [4.78, 5) is 10.8. The fourth-order valence-electron chi connectivity index (χ4n) is 1.57. The Morgan fingerprint density at radius 1 is 1.53 bits per heavy atom. The van der Waals surface area contributed by atoms with Crippen LogP contribution in [0.25, 0.3) is 0 Å². The smallest absolute Gasteiger partial charge is 0.336 e. The van der Waals surface area contributed by atoms with Crippen molar-refractivity contribution in [3.05, 3.63) is 39.7 Å². The van der Waals surface area contributed by atoms with Gasteiger partial charge in [0.15, 0.2) is 11.6 Å². The number of carboxylic acid groups (broad SMARTS) is 1. The molecule has 0 fully saturated rings. The van der Waals surface area contributed by atoms with E-state index in [0.29, 0.717) is 5.88 Å². The van der Waals surface area contributed by atoms with Crippen molar-refractivity contribution in [3.63, 3.8) is 0 Å². The highest BCUT2D eigenvalue weighted by atomic mass is 79.9. The number of aromatic carboxylic acids is 1. The van der Waals surface area contributed by atoms with Crippen LogP contribution in [0, 0.1) is 12.7 Å². The first-order chi connectivity index (χ1) is 8.90. The third-order valence-electron chi connectivity index (χ3n) is 2.45. The fraction of sp³-hybridized carbons (Fsp3) is 0.167. The van der Waals surface area contributed by atoms with Crippen molar-refractivity contribution in [2.45, 2.75) is 6.92 Å². The van der Waals surface area contributed by atoms with Crippen LogP contribution in [0.15, 0.2) is 22.7 Å². The van der Waals surface area contributed by atoms with Crippen molar-refractivity contribution in [2.75, 3.05) is 0 Å². The first-order valence-electron chi connectivity index (χ1n) is 5.30. The summed E-state index contributed by atoms with van der Waals surface area (Å²) in [6.07, 6.45) is 0. The van der Waals surface area contributed by atoms with Gasteiger partial charge in [-0.2, -0.15) is 5.10 Å². The van der Waals surface area contributed by atoms with Crippen molar-refractivity contribution in [2.24, 2.45) is 7.05 Å². The number of aromatic nitrogens is 2. The minimum atomic E-state index is -1.21. The molecule has 0 aliphatic rings. The quantitative estimate of drug-likeness (QED) is 0.940. The first kappa shape index (κ1) is 13.5. The van der Waals surface area contributed by atoms with E-state index in [1.807, 2.05) is 0 Å². The van der Waals surface area contributed by atoms with Crippen molar-refractivity contribution in [1.29, 1.82) is 0 Å². The highest BCUT2D eigenvalue weighted by Crippen LogP contribution is 2.31. The van der Waals surface area contributed by atoms with E-state index in [9.17, 15) is 9.18 Å². The molecular formula is C12H10BrFN2O3. The van der Waals surface area contributed by atoms with Gasteiger partial charge in [-0.15, -0.1) is 0 Å². The summed E-state index contributed by atoms with van der Waals surface area (Å²) in [5.41, 5.74) is 0.574. The number of nitrogens with zero attached hydrogens (tertiary/aromatic N) is 2. The molecule has 100 valence electrons. The number of carboxylic acids is 1. The Balaban J connectivity index is 2.39. The Morgan fingerprint density at radius 3 is 2.74 bits per heavy atom. The summed E-state index contributed by atoms with van der Waals surface area (Å²) in [5, 5.41) is 12.9. The Kier molecular flexibility index (Phi) is 3.57. The van der Waals surface area contributed by atoms with Crippen LogP contribution in [0.3, 0.4) is 0 Å². The van der Waals surface area contributed by atoms with Gasteiger partial charge in [-0.1, -0.05) is 0 Å². The van der Waals surface area contributed by atoms with Crippen molar-refractivity contribution in [1.82, 2.24) is 9.78 Å². The maximum atomic E-state index is 14.0. The van der Waals surface area contributed by atoms with Gasteiger partial charge in [0.25, 0.3) is 0 Å². The number of benzene rings is 1. The summed E-state index contributed by atoms with van der Waals surface area (Å²) in [5.74, 6) is -1.68. The molecule has 0 spiro atoms. The minimum absolute atomic E-state index is 0.0696. The lowest BCUT2D eigenvalue weighted by Gasteiger charge is -2.08. The molecule has 0 bridgehead atoms. The minimum Gasteiger partial charge on any atom is -0.478 e. The number of ether oxygens (including phenoxy) is 1. The molecule has 0 saturated carbocycles. The van der Waals surface area contributed by atoms with Gasteiger partial charge in [0.05, 0.1) is 15.7 Å². The largest absolute Gasteiger partial charge is 0.478 e. The molecule has 19 heavy (non-hydrogen) atoms. The molecule has 1 aromatic heterocycles. The second-order valence-electron chi connectivity index (χ2n) is 3.89. The van der Waals surface area contributed by atoms with E-state index < -0.39 is 11.8 Å². The van der Waals surface area contributed by atoms with Gasteiger partial charge in [0.2, 0.25) is 5.88 Å². The molecule has 0 aliphatic carbocycles. The van der Waals surface area contributed by atoms with E-state index >= 15 is 0 Å². The van der Waals surface area contributed by atoms with E-state index in [0.717, 1.165) is 5.69 Å².